The van der Waals surface area contributed by atoms with Crippen LogP contribution in [-0.2, 0) is 0 Å². The second-order valence-corrected chi connectivity index (χ2v) is 8.93. The maximum absolute atomic E-state index is 15.1. The van der Waals surface area contributed by atoms with Gasteiger partial charge in [-0.15, -0.1) is 0 Å². The number of amides is 1. The average molecular weight is 468 g/mol. The SMILES string of the molecule is Cc1cc(C2CN(C(=O)c3ccc(F)c(Br)c3)CC(F)(P)C2)n2ncnc2n1. The van der Waals surface area contributed by atoms with Crippen molar-refractivity contribution in [3.8, 4) is 0 Å². The lowest BCUT2D eigenvalue weighted by atomic mass is 9.92. The minimum Gasteiger partial charge on any atom is -0.334 e. The Morgan fingerprint density at radius 3 is 2.93 bits per heavy atom. The summed E-state index contributed by atoms with van der Waals surface area (Å²) in [6.45, 7) is 2.09. The zero-order valence-corrected chi connectivity index (χ0v) is 17.7. The van der Waals surface area contributed by atoms with E-state index in [9.17, 15) is 9.18 Å². The molecule has 6 nitrogen and oxygen atoms in total. The largest absolute Gasteiger partial charge is 0.334 e. The van der Waals surface area contributed by atoms with E-state index in [-0.39, 0.29) is 29.3 Å². The lowest BCUT2D eigenvalue weighted by Gasteiger charge is -2.40. The number of hydrogen-bond donors (Lipinski definition) is 0. The predicted molar refractivity (Wildman–Crippen MR) is 106 cm³/mol. The number of aryl methyl sites for hydroxylation is 1. The summed E-state index contributed by atoms with van der Waals surface area (Å²) in [6, 6.07) is 5.88. The van der Waals surface area contributed by atoms with Gasteiger partial charge >= 0.3 is 0 Å². The van der Waals surface area contributed by atoms with Crippen LogP contribution < -0.4 is 0 Å². The minimum atomic E-state index is -1.65. The third kappa shape index (κ3) is 3.65. The number of carbonyl (C=O) groups is 1. The highest BCUT2D eigenvalue weighted by Gasteiger charge is 2.40. The molecule has 0 spiro atoms. The van der Waals surface area contributed by atoms with E-state index in [0.717, 1.165) is 11.4 Å². The van der Waals surface area contributed by atoms with Gasteiger partial charge in [0.15, 0.2) is 0 Å². The number of alkyl halides is 1. The first-order chi connectivity index (χ1) is 13.2. The van der Waals surface area contributed by atoms with Crippen LogP contribution in [0.25, 0.3) is 5.78 Å². The van der Waals surface area contributed by atoms with Crippen LogP contribution >= 0.6 is 25.2 Å². The molecule has 3 heterocycles. The van der Waals surface area contributed by atoms with E-state index >= 15 is 4.39 Å². The first-order valence-corrected chi connectivity index (χ1v) is 10.00. The van der Waals surface area contributed by atoms with Crippen LogP contribution in [0.15, 0.2) is 35.1 Å². The number of aromatic nitrogens is 4. The van der Waals surface area contributed by atoms with Crippen molar-refractivity contribution >= 4 is 36.9 Å². The fraction of sp³-hybridized carbons (Fsp3) is 0.333. The van der Waals surface area contributed by atoms with Crippen LogP contribution in [-0.4, -0.2) is 48.9 Å². The Bertz CT molecular complexity index is 1070. The zero-order chi connectivity index (χ0) is 20.1. The van der Waals surface area contributed by atoms with Crippen molar-refractivity contribution < 1.29 is 13.6 Å². The Labute approximate surface area is 170 Å². The first-order valence-electron chi connectivity index (χ1n) is 8.63. The number of piperidine rings is 1. The lowest BCUT2D eigenvalue weighted by Crippen LogP contribution is -2.48. The number of halogens is 3. The fourth-order valence-corrected chi connectivity index (χ4v) is 4.48. The standard InChI is InChI=1S/C18H17BrF2N5OP/c1-10-4-15(26-17(24-10)22-9-23-26)12-6-18(21,28)8-25(7-12)16(27)11-2-3-14(20)13(19)5-11/h2-5,9,12H,6-8,28H2,1H3. The highest BCUT2D eigenvalue weighted by atomic mass is 79.9. The molecule has 0 radical (unpaired) electrons. The molecule has 0 aliphatic carbocycles. The molecule has 1 fully saturated rings. The maximum atomic E-state index is 15.1. The normalized spacial score (nSPS) is 22.6. The quantitative estimate of drug-likeness (QED) is 0.541. The smallest absolute Gasteiger partial charge is 0.254 e. The van der Waals surface area contributed by atoms with Gasteiger partial charge in [-0.2, -0.15) is 10.1 Å². The van der Waals surface area contributed by atoms with Crippen molar-refractivity contribution in [1.29, 1.82) is 0 Å². The summed E-state index contributed by atoms with van der Waals surface area (Å²) in [7, 11) is 2.22. The van der Waals surface area contributed by atoms with Crippen LogP contribution in [0.5, 0.6) is 0 Å². The molecule has 3 aromatic rings. The molecule has 1 aliphatic heterocycles. The molecular weight excluding hydrogens is 451 g/mol. The average Bonchev–Trinajstić information content (AvgIpc) is 3.09. The Morgan fingerprint density at radius 2 is 2.18 bits per heavy atom. The summed E-state index contributed by atoms with van der Waals surface area (Å²) in [5, 5.41) is 2.54. The first kappa shape index (κ1) is 19.3. The molecule has 1 amide bonds. The minimum absolute atomic E-state index is 0.0629. The third-order valence-electron chi connectivity index (χ3n) is 4.76. The van der Waals surface area contributed by atoms with Gasteiger partial charge in [-0.25, -0.2) is 18.3 Å². The van der Waals surface area contributed by atoms with E-state index < -0.39 is 11.2 Å². The van der Waals surface area contributed by atoms with Gasteiger partial charge in [0.2, 0.25) is 0 Å². The number of likely N-dealkylation sites (tertiary alicyclic amines) is 1. The van der Waals surface area contributed by atoms with Gasteiger partial charge in [0.05, 0.1) is 16.7 Å². The van der Waals surface area contributed by atoms with Gasteiger partial charge in [0.25, 0.3) is 11.7 Å². The lowest BCUT2D eigenvalue weighted by molar-refractivity contribution is 0.0543. The van der Waals surface area contributed by atoms with Crippen molar-refractivity contribution in [2.45, 2.75) is 24.7 Å². The predicted octanol–water partition coefficient (Wildman–Crippen LogP) is 3.50. The number of carbonyl (C=O) groups excluding carboxylic acids is 1. The number of rotatable bonds is 2. The number of fused-ring (bicyclic) bond motifs is 1. The van der Waals surface area contributed by atoms with Crippen molar-refractivity contribution in [3.05, 3.63) is 57.8 Å². The molecule has 28 heavy (non-hydrogen) atoms. The molecule has 0 N–H and O–H groups in total. The van der Waals surface area contributed by atoms with Crippen molar-refractivity contribution in [2.24, 2.45) is 0 Å². The molecule has 3 atom stereocenters. The van der Waals surface area contributed by atoms with E-state index in [1.165, 1.54) is 29.4 Å². The summed E-state index contributed by atoms with van der Waals surface area (Å²) in [6.07, 6.45) is 1.61. The van der Waals surface area contributed by atoms with E-state index in [0.29, 0.717) is 17.9 Å². The molecule has 146 valence electrons. The number of nitrogens with zero attached hydrogens (tertiary/aromatic N) is 5. The van der Waals surface area contributed by atoms with Crippen molar-refractivity contribution in [2.75, 3.05) is 13.1 Å². The van der Waals surface area contributed by atoms with Crippen LogP contribution in [0.1, 0.15) is 34.1 Å². The molecule has 4 rings (SSSR count). The van der Waals surface area contributed by atoms with E-state index in [1.807, 2.05) is 13.0 Å². The zero-order valence-electron chi connectivity index (χ0n) is 14.9. The van der Waals surface area contributed by atoms with Crippen LogP contribution in [0, 0.1) is 12.7 Å². The Hall–Kier alpha value is -1.99. The van der Waals surface area contributed by atoms with Gasteiger partial charge in [0.1, 0.15) is 17.6 Å². The van der Waals surface area contributed by atoms with E-state index in [1.54, 1.807) is 4.52 Å². The molecule has 1 aliphatic rings. The summed E-state index contributed by atoms with van der Waals surface area (Å²) < 4.78 is 30.4. The fourth-order valence-electron chi connectivity index (χ4n) is 3.60. The molecule has 0 bridgehead atoms. The summed E-state index contributed by atoms with van der Waals surface area (Å²) >= 11 is 3.09. The Morgan fingerprint density at radius 1 is 1.39 bits per heavy atom. The van der Waals surface area contributed by atoms with Crippen molar-refractivity contribution in [1.82, 2.24) is 24.5 Å². The molecule has 3 unspecified atom stereocenters. The van der Waals surface area contributed by atoms with Gasteiger partial charge in [-0.1, -0.05) is 9.24 Å². The highest BCUT2D eigenvalue weighted by molar-refractivity contribution is 9.10. The van der Waals surface area contributed by atoms with E-state index in [2.05, 4.69) is 40.2 Å². The maximum Gasteiger partial charge on any atom is 0.254 e. The van der Waals surface area contributed by atoms with Crippen LogP contribution in [0.2, 0.25) is 0 Å². The van der Waals surface area contributed by atoms with Gasteiger partial charge in [-0.05, 0) is 53.5 Å². The van der Waals surface area contributed by atoms with Crippen LogP contribution in [0.3, 0.4) is 0 Å². The molecule has 10 heteroatoms. The van der Waals surface area contributed by atoms with Crippen molar-refractivity contribution in [3.63, 3.8) is 0 Å². The van der Waals surface area contributed by atoms with Gasteiger partial charge in [-0.3, -0.25) is 4.79 Å². The molecule has 1 saturated heterocycles. The number of hydrogen-bond acceptors (Lipinski definition) is 4. The third-order valence-corrected chi connectivity index (χ3v) is 5.79. The summed E-state index contributed by atoms with van der Waals surface area (Å²) in [5.41, 5.74) is 1.79. The molecule has 2 aromatic heterocycles. The molecular formula is C18H17BrF2N5OP. The monoisotopic (exact) mass is 467 g/mol. The number of benzene rings is 1. The van der Waals surface area contributed by atoms with Crippen LogP contribution in [0.4, 0.5) is 8.78 Å². The summed E-state index contributed by atoms with van der Waals surface area (Å²) in [5.74, 6) is -0.667. The highest BCUT2D eigenvalue weighted by Crippen LogP contribution is 2.39. The van der Waals surface area contributed by atoms with E-state index in [4.69, 9.17) is 0 Å². The van der Waals surface area contributed by atoms with Gasteiger partial charge < -0.3 is 4.90 Å². The second kappa shape index (κ2) is 7.12. The Kier molecular flexibility index (Phi) is 4.91. The topological polar surface area (TPSA) is 63.4 Å². The van der Waals surface area contributed by atoms with Gasteiger partial charge in [0, 0.05) is 23.7 Å². The summed E-state index contributed by atoms with van der Waals surface area (Å²) in [4.78, 5) is 22.9. The Balaban J connectivity index is 1.69. The molecule has 1 aromatic carbocycles. The second-order valence-electron chi connectivity index (χ2n) is 7.04. The molecule has 0 saturated carbocycles.